The highest BCUT2D eigenvalue weighted by Crippen LogP contribution is 2.13. The highest BCUT2D eigenvalue weighted by atomic mass is 16.5. The SMILES string of the molecule is c1cnc(CN2CCOCC2)c(CN2CCOCC2)c1. The molecule has 0 spiro atoms. The van der Waals surface area contributed by atoms with E-state index in [0.29, 0.717) is 0 Å². The van der Waals surface area contributed by atoms with Gasteiger partial charge in [0.2, 0.25) is 0 Å². The quantitative estimate of drug-likeness (QED) is 0.812. The lowest BCUT2D eigenvalue weighted by atomic mass is 10.1. The summed E-state index contributed by atoms with van der Waals surface area (Å²) in [5.41, 5.74) is 2.56. The molecule has 3 heterocycles. The first-order valence-electron chi connectivity index (χ1n) is 7.45. The molecule has 0 aliphatic carbocycles. The highest BCUT2D eigenvalue weighted by Gasteiger charge is 2.16. The summed E-state index contributed by atoms with van der Waals surface area (Å²) in [5, 5.41) is 0. The number of ether oxygens (including phenoxy) is 2. The van der Waals surface area contributed by atoms with Crippen molar-refractivity contribution in [1.82, 2.24) is 14.8 Å². The van der Waals surface area contributed by atoms with Gasteiger partial charge in [-0.25, -0.2) is 0 Å². The van der Waals surface area contributed by atoms with Crippen molar-refractivity contribution in [2.75, 3.05) is 52.6 Å². The predicted molar refractivity (Wildman–Crippen MR) is 76.4 cm³/mol. The van der Waals surface area contributed by atoms with E-state index in [1.54, 1.807) is 0 Å². The molecular formula is C15H23N3O2. The average Bonchev–Trinajstić information content (AvgIpc) is 2.51. The number of hydrogen-bond acceptors (Lipinski definition) is 5. The van der Waals surface area contributed by atoms with Crippen molar-refractivity contribution >= 4 is 0 Å². The Labute approximate surface area is 120 Å². The average molecular weight is 277 g/mol. The van der Waals surface area contributed by atoms with Gasteiger partial charge in [0, 0.05) is 45.5 Å². The Kier molecular flexibility index (Phi) is 4.97. The Bertz CT molecular complexity index is 376. The van der Waals surface area contributed by atoms with Crippen molar-refractivity contribution in [3.05, 3.63) is 29.6 Å². The summed E-state index contributed by atoms with van der Waals surface area (Å²) in [7, 11) is 0. The van der Waals surface area contributed by atoms with Crippen molar-refractivity contribution in [3.63, 3.8) is 0 Å². The Balaban J connectivity index is 1.63. The van der Waals surface area contributed by atoms with Crippen LogP contribution in [-0.2, 0) is 22.6 Å². The number of morpholine rings is 2. The van der Waals surface area contributed by atoms with Crippen LogP contribution in [0.15, 0.2) is 18.3 Å². The van der Waals surface area contributed by atoms with Gasteiger partial charge in [-0.05, 0) is 11.6 Å². The molecule has 0 amide bonds. The predicted octanol–water partition coefficient (Wildman–Crippen LogP) is 0.746. The lowest BCUT2D eigenvalue weighted by molar-refractivity contribution is 0.0304. The number of aromatic nitrogens is 1. The fraction of sp³-hybridized carbons (Fsp3) is 0.667. The monoisotopic (exact) mass is 277 g/mol. The van der Waals surface area contributed by atoms with Crippen LogP contribution in [-0.4, -0.2) is 67.4 Å². The molecule has 2 aliphatic heterocycles. The largest absolute Gasteiger partial charge is 0.379 e. The molecule has 0 bridgehead atoms. The third-order valence-electron chi connectivity index (χ3n) is 3.96. The smallest absolute Gasteiger partial charge is 0.0594 e. The van der Waals surface area contributed by atoms with Crippen LogP contribution in [0.3, 0.4) is 0 Å². The lowest BCUT2D eigenvalue weighted by Crippen LogP contribution is -2.37. The summed E-state index contributed by atoms with van der Waals surface area (Å²) < 4.78 is 10.8. The number of rotatable bonds is 4. The molecule has 2 fully saturated rings. The van der Waals surface area contributed by atoms with E-state index >= 15 is 0 Å². The van der Waals surface area contributed by atoms with Crippen LogP contribution in [0.1, 0.15) is 11.3 Å². The first-order chi connectivity index (χ1) is 9.92. The summed E-state index contributed by atoms with van der Waals surface area (Å²) in [4.78, 5) is 9.47. The summed E-state index contributed by atoms with van der Waals surface area (Å²) in [6, 6.07) is 4.25. The Morgan fingerprint density at radius 1 is 0.900 bits per heavy atom. The molecule has 5 heteroatoms. The van der Waals surface area contributed by atoms with Gasteiger partial charge < -0.3 is 9.47 Å². The molecule has 0 unspecified atom stereocenters. The third-order valence-corrected chi connectivity index (χ3v) is 3.96. The van der Waals surface area contributed by atoms with E-state index in [9.17, 15) is 0 Å². The molecular weight excluding hydrogens is 254 g/mol. The Hall–Kier alpha value is -1.01. The number of hydrogen-bond donors (Lipinski definition) is 0. The van der Waals surface area contributed by atoms with Crippen LogP contribution in [0.25, 0.3) is 0 Å². The molecule has 2 aliphatic rings. The van der Waals surface area contributed by atoms with Crippen molar-refractivity contribution < 1.29 is 9.47 Å². The van der Waals surface area contributed by atoms with Crippen molar-refractivity contribution in [3.8, 4) is 0 Å². The first kappa shape index (κ1) is 13.9. The molecule has 0 aromatic carbocycles. The summed E-state index contributed by atoms with van der Waals surface area (Å²) in [6.07, 6.45) is 1.90. The molecule has 1 aromatic rings. The minimum Gasteiger partial charge on any atom is -0.379 e. The van der Waals surface area contributed by atoms with E-state index in [4.69, 9.17) is 9.47 Å². The normalized spacial score (nSPS) is 22.0. The maximum absolute atomic E-state index is 5.41. The van der Waals surface area contributed by atoms with E-state index in [-0.39, 0.29) is 0 Å². The Morgan fingerprint density at radius 3 is 2.15 bits per heavy atom. The van der Waals surface area contributed by atoms with Gasteiger partial charge in [0.15, 0.2) is 0 Å². The van der Waals surface area contributed by atoms with Crippen LogP contribution >= 0.6 is 0 Å². The Morgan fingerprint density at radius 2 is 1.50 bits per heavy atom. The van der Waals surface area contributed by atoms with E-state index < -0.39 is 0 Å². The van der Waals surface area contributed by atoms with Crippen LogP contribution in [0.4, 0.5) is 0 Å². The standard InChI is InChI=1S/C15H23N3O2/c1-2-14(12-17-4-8-19-9-5-17)15(16-3-1)13-18-6-10-20-11-7-18/h1-3H,4-13H2. The topological polar surface area (TPSA) is 37.8 Å². The molecule has 110 valence electrons. The fourth-order valence-electron chi connectivity index (χ4n) is 2.73. The summed E-state index contributed by atoms with van der Waals surface area (Å²) >= 11 is 0. The molecule has 0 N–H and O–H groups in total. The maximum Gasteiger partial charge on any atom is 0.0594 e. The second-order valence-electron chi connectivity index (χ2n) is 5.39. The zero-order valence-electron chi connectivity index (χ0n) is 12.0. The molecule has 20 heavy (non-hydrogen) atoms. The van der Waals surface area contributed by atoms with Crippen molar-refractivity contribution in [2.24, 2.45) is 0 Å². The highest BCUT2D eigenvalue weighted by molar-refractivity contribution is 5.19. The van der Waals surface area contributed by atoms with Gasteiger partial charge >= 0.3 is 0 Å². The minimum atomic E-state index is 0.839. The van der Waals surface area contributed by atoms with Gasteiger partial charge in [0.1, 0.15) is 0 Å². The van der Waals surface area contributed by atoms with Crippen LogP contribution in [0, 0.1) is 0 Å². The molecule has 0 radical (unpaired) electrons. The molecule has 0 atom stereocenters. The summed E-state index contributed by atoms with van der Waals surface area (Å²) in [6.45, 7) is 9.34. The maximum atomic E-state index is 5.41. The van der Waals surface area contributed by atoms with Gasteiger partial charge in [-0.15, -0.1) is 0 Å². The molecule has 2 saturated heterocycles. The third kappa shape index (κ3) is 3.76. The van der Waals surface area contributed by atoms with Crippen molar-refractivity contribution in [2.45, 2.75) is 13.1 Å². The molecule has 1 aromatic heterocycles. The molecule has 5 nitrogen and oxygen atoms in total. The number of nitrogens with zero attached hydrogens (tertiary/aromatic N) is 3. The van der Waals surface area contributed by atoms with Crippen LogP contribution in [0.2, 0.25) is 0 Å². The van der Waals surface area contributed by atoms with E-state index in [1.165, 1.54) is 11.3 Å². The second-order valence-corrected chi connectivity index (χ2v) is 5.39. The van der Waals surface area contributed by atoms with Crippen LogP contribution < -0.4 is 0 Å². The number of pyridine rings is 1. The van der Waals surface area contributed by atoms with E-state index in [2.05, 4.69) is 20.9 Å². The summed E-state index contributed by atoms with van der Waals surface area (Å²) in [5.74, 6) is 0. The van der Waals surface area contributed by atoms with Gasteiger partial charge in [0.25, 0.3) is 0 Å². The van der Waals surface area contributed by atoms with Gasteiger partial charge in [0.05, 0.1) is 32.1 Å². The first-order valence-corrected chi connectivity index (χ1v) is 7.45. The van der Waals surface area contributed by atoms with Crippen molar-refractivity contribution in [1.29, 1.82) is 0 Å². The fourth-order valence-corrected chi connectivity index (χ4v) is 2.73. The zero-order chi connectivity index (χ0) is 13.6. The minimum absolute atomic E-state index is 0.839. The molecule has 0 saturated carbocycles. The van der Waals surface area contributed by atoms with Crippen LogP contribution in [0.5, 0.6) is 0 Å². The zero-order valence-corrected chi connectivity index (χ0v) is 12.0. The van der Waals surface area contributed by atoms with E-state index in [1.807, 2.05) is 12.3 Å². The second kappa shape index (κ2) is 7.13. The molecule has 3 rings (SSSR count). The van der Waals surface area contributed by atoms with Gasteiger partial charge in [-0.1, -0.05) is 6.07 Å². The van der Waals surface area contributed by atoms with Gasteiger partial charge in [-0.3, -0.25) is 14.8 Å². The van der Waals surface area contributed by atoms with E-state index in [0.717, 1.165) is 65.7 Å². The van der Waals surface area contributed by atoms with Gasteiger partial charge in [-0.2, -0.15) is 0 Å². The lowest BCUT2D eigenvalue weighted by Gasteiger charge is -2.29.